The summed E-state index contributed by atoms with van der Waals surface area (Å²) in [6, 6.07) is -11.0. The number of hydrogen-bond acceptors (Lipinski definition) is 16. The van der Waals surface area contributed by atoms with Gasteiger partial charge in [0, 0.05) is 26.6 Å². The van der Waals surface area contributed by atoms with Crippen molar-refractivity contribution in [2.24, 2.45) is 29.4 Å². The van der Waals surface area contributed by atoms with Crippen LogP contribution in [0.15, 0.2) is 0 Å². The van der Waals surface area contributed by atoms with Crippen LogP contribution in [0.2, 0.25) is 0 Å². The molecular formula is C68H115N15O17. The van der Waals surface area contributed by atoms with E-state index in [4.69, 9.17) is 5.73 Å². The van der Waals surface area contributed by atoms with Gasteiger partial charge in [-0.25, -0.2) is 4.79 Å². The molecule has 3 heterocycles. The van der Waals surface area contributed by atoms with Crippen molar-refractivity contribution in [1.82, 2.24) is 73.2 Å². The van der Waals surface area contributed by atoms with Gasteiger partial charge in [-0.05, 0) is 157 Å². The highest BCUT2D eigenvalue weighted by molar-refractivity contribution is 6.03. The first kappa shape index (κ1) is 85.7. The highest BCUT2D eigenvalue weighted by atomic mass is 16.4. The first-order valence-electron chi connectivity index (χ1n) is 34.8. The fraction of sp³-hybridized carbons (Fsp3) is 0.765. The van der Waals surface area contributed by atoms with Crippen molar-refractivity contribution < 1.29 is 81.8 Å². The molecule has 15 amide bonds. The number of amides is 15. The second-order valence-corrected chi connectivity index (χ2v) is 30.8. The van der Waals surface area contributed by atoms with E-state index in [0.717, 1.165) is 0 Å². The number of rotatable bonds is 35. The van der Waals surface area contributed by atoms with Gasteiger partial charge >= 0.3 is 5.97 Å². The number of likely N-dealkylation sites (tertiary alicyclic amines) is 3. The molecule has 0 spiro atoms. The van der Waals surface area contributed by atoms with Gasteiger partial charge < -0.3 is 84.0 Å². The van der Waals surface area contributed by atoms with Crippen molar-refractivity contribution >= 4 is 94.6 Å². The quantitative estimate of drug-likeness (QED) is 0.0381. The Morgan fingerprint density at radius 3 is 1.19 bits per heavy atom. The van der Waals surface area contributed by atoms with Gasteiger partial charge in [-0.2, -0.15) is 0 Å². The maximum Gasteiger partial charge on any atom is 0.326 e. The molecule has 3 aliphatic rings. The van der Waals surface area contributed by atoms with Crippen molar-refractivity contribution in [1.29, 1.82) is 0 Å². The highest BCUT2D eigenvalue weighted by Gasteiger charge is 2.49. The molecule has 32 heteroatoms. The van der Waals surface area contributed by atoms with E-state index in [1.54, 1.807) is 34.6 Å². The average Bonchev–Trinajstić information content (AvgIpc) is 1.53. The van der Waals surface area contributed by atoms with Crippen molar-refractivity contribution in [3.8, 4) is 0 Å². The molecule has 0 aromatic heterocycles. The fourth-order valence-corrected chi connectivity index (χ4v) is 12.3. The van der Waals surface area contributed by atoms with E-state index in [2.05, 4.69) is 58.5 Å². The molecule has 3 saturated heterocycles. The number of nitrogens with two attached hydrogens (primary N) is 1. The molecule has 564 valence electrons. The van der Waals surface area contributed by atoms with Crippen LogP contribution >= 0.6 is 0 Å². The van der Waals surface area contributed by atoms with Gasteiger partial charge in [0.1, 0.15) is 82.1 Å². The standard InChI is InChI=1S/C68H115N15O17/c1-21-68(20,60(97)74-42(32-36(4)5)53(89)78-66(16,17)62(99)82-29-23-26-46(82)55(91)72-44(58(94)95)33-37(6)7)80-56(92)47-27-24-30-83(47)63(100)67(18,19)79-57(93)49(38(8)9)75-50(86)39(10)70-54(90)45-25-22-28-81(45)61(98)65(14,15)77-52(88)41(31-35(2)3)71-51(87)43(34-48(69)85)73-59(96)64(12,13)76-40(11)84/h35-39,41-47,49H,21-34H2,1-20H3,(H2,69,85)(H,70,90)(H,71,87)(H,72,91)(H,73,96)(H,74,97)(H,75,86)(H,76,84)(H,77,88)(H,78,89)(H,79,93)(H,80,92)(H,94,95)/t39-,41-,42-,43-,44-,45-,46-,47-,49-,68-/m0/s1. The molecule has 0 unspecified atom stereocenters. The molecule has 3 fully saturated rings. The van der Waals surface area contributed by atoms with E-state index in [0.29, 0.717) is 19.3 Å². The summed E-state index contributed by atoms with van der Waals surface area (Å²) in [5.74, 6) is -13.2. The van der Waals surface area contributed by atoms with Gasteiger partial charge in [-0.3, -0.25) is 71.9 Å². The maximum absolute atomic E-state index is 14.5. The van der Waals surface area contributed by atoms with Crippen LogP contribution in [0.25, 0.3) is 0 Å². The predicted molar refractivity (Wildman–Crippen MR) is 368 cm³/mol. The number of carboxylic acids is 1. The minimum absolute atomic E-state index is 0.0265. The molecule has 10 atom stereocenters. The summed E-state index contributed by atoms with van der Waals surface area (Å²) in [6.07, 6.45) is 1.55. The lowest BCUT2D eigenvalue weighted by atomic mass is 9.94. The van der Waals surface area contributed by atoms with Gasteiger partial charge in [-0.15, -0.1) is 0 Å². The number of carboxylic acid groups (broad SMARTS) is 1. The second kappa shape index (κ2) is 35.7. The Bertz CT molecular complexity index is 3070. The Labute approximate surface area is 587 Å². The number of aliphatic carboxylic acids is 1. The monoisotopic (exact) mass is 1410 g/mol. The van der Waals surface area contributed by atoms with E-state index in [-0.39, 0.29) is 82.3 Å². The van der Waals surface area contributed by atoms with E-state index in [9.17, 15) is 81.8 Å². The Morgan fingerprint density at radius 2 is 0.810 bits per heavy atom. The summed E-state index contributed by atoms with van der Waals surface area (Å²) >= 11 is 0. The van der Waals surface area contributed by atoms with Crippen molar-refractivity contribution in [2.45, 2.75) is 291 Å². The van der Waals surface area contributed by atoms with Gasteiger partial charge in [0.25, 0.3) is 0 Å². The molecule has 14 N–H and O–H groups in total. The number of hydrogen-bond donors (Lipinski definition) is 13. The largest absolute Gasteiger partial charge is 0.480 e. The van der Waals surface area contributed by atoms with E-state index in [1.165, 1.54) is 90.9 Å². The molecule has 0 bridgehead atoms. The first-order chi connectivity index (χ1) is 45.9. The topological polar surface area (TPSA) is 461 Å². The Kier molecular flexibility index (Phi) is 30.6. The summed E-state index contributed by atoms with van der Waals surface area (Å²) in [6.45, 7) is 31.6. The van der Waals surface area contributed by atoms with Gasteiger partial charge in [-0.1, -0.05) is 62.3 Å². The first-order valence-corrected chi connectivity index (χ1v) is 34.8. The van der Waals surface area contributed by atoms with E-state index in [1.807, 2.05) is 27.7 Å². The molecule has 0 saturated carbocycles. The average molecular weight is 1410 g/mol. The molecule has 0 aromatic rings. The van der Waals surface area contributed by atoms with Crippen LogP contribution in [0.5, 0.6) is 0 Å². The van der Waals surface area contributed by atoms with Crippen LogP contribution in [0.4, 0.5) is 0 Å². The third kappa shape index (κ3) is 23.8. The van der Waals surface area contributed by atoms with Crippen molar-refractivity contribution in [3.05, 3.63) is 0 Å². The van der Waals surface area contributed by atoms with Crippen molar-refractivity contribution in [3.63, 3.8) is 0 Å². The zero-order valence-corrected chi connectivity index (χ0v) is 62.3. The van der Waals surface area contributed by atoms with E-state index < -0.39 is 189 Å². The lowest BCUT2D eigenvalue weighted by Crippen LogP contribution is -2.66. The smallest absolute Gasteiger partial charge is 0.326 e. The highest BCUT2D eigenvalue weighted by Crippen LogP contribution is 2.27. The number of nitrogens with zero attached hydrogens (tertiary/aromatic N) is 3. The molecule has 3 rings (SSSR count). The summed E-state index contributed by atoms with van der Waals surface area (Å²) in [7, 11) is 0. The minimum atomic E-state index is -1.70. The zero-order chi connectivity index (χ0) is 76.7. The van der Waals surface area contributed by atoms with Crippen LogP contribution in [0.3, 0.4) is 0 Å². The SMILES string of the molecule is CC[C@](C)(NC(=O)[C@@H]1CCCN1C(=O)C(C)(C)NC(=O)[C@@H](NC(=O)[C@H](C)NC(=O)[C@@H]1CCCN1C(=O)C(C)(C)NC(=O)[C@H](CC(C)C)NC(=O)[C@H](CC(N)=O)NC(=O)C(C)(C)NC(C)=O)C(C)C)C(=O)N[C@@H](CC(C)C)C(=O)NC(C)(C)C(=O)N1CCC[C@H]1C(=O)N[C@@H](CC(C)C)C(=O)O. The lowest BCUT2D eigenvalue weighted by Gasteiger charge is -2.37. The molecule has 0 aromatic carbocycles. The van der Waals surface area contributed by atoms with Gasteiger partial charge in [0.15, 0.2) is 0 Å². The summed E-state index contributed by atoms with van der Waals surface area (Å²) < 4.78 is 0. The number of primary amides is 1. The molecule has 3 aliphatic heterocycles. The number of nitrogens with one attached hydrogen (secondary N) is 11. The van der Waals surface area contributed by atoms with Crippen LogP contribution < -0.4 is 64.2 Å². The normalized spacial score (nSPS) is 19.0. The molecule has 0 radical (unpaired) electrons. The summed E-state index contributed by atoms with van der Waals surface area (Å²) in [4.78, 5) is 222. The Morgan fingerprint density at radius 1 is 0.430 bits per heavy atom. The molecular weight excluding hydrogens is 1300 g/mol. The summed E-state index contributed by atoms with van der Waals surface area (Å²) in [5.41, 5.74) is -2.73. The molecule has 0 aliphatic carbocycles. The van der Waals surface area contributed by atoms with Gasteiger partial charge in [0.05, 0.1) is 6.42 Å². The third-order valence-electron chi connectivity index (χ3n) is 18.0. The zero-order valence-electron chi connectivity index (χ0n) is 62.3. The summed E-state index contributed by atoms with van der Waals surface area (Å²) in [5, 5.41) is 38.8. The minimum Gasteiger partial charge on any atom is -0.480 e. The molecule has 32 nitrogen and oxygen atoms in total. The molecule has 100 heavy (non-hydrogen) atoms. The predicted octanol–water partition coefficient (Wildman–Crippen LogP) is -0.474. The van der Waals surface area contributed by atoms with Crippen molar-refractivity contribution in [2.75, 3.05) is 19.6 Å². The third-order valence-corrected chi connectivity index (χ3v) is 18.0. The van der Waals surface area contributed by atoms with E-state index >= 15 is 0 Å². The lowest BCUT2D eigenvalue weighted by molar-refractivity contribution is -0.147. The fourth-order valence-electron chi connectivity index (χ4n) is 12.3. The maximum atomic E-state index is 14.5. The van der Waals surface area contributed by atoms with Crippen LogP contribution in [-0.2, 0) is 76.7 Å². The number of carbonyl (C=O) groups is 16. The van der Waals surface area contributed by atoms with Crippen LogP contribution in [0.1, 0.15) is 209 Å². The second-order valence-electron chi connectivity index (χ2n) is 30.8. The van der Waals surface area contributed by atoms with Gasteiger partial charge in [0.2, 0.25) is 88.6 Å². The number of carbonyl (C=O) groups excluding carboxylic acids is 15. The van der Waals surface area contributed by atoms with Crippen LogP contribution in [-0.4, -0.2) is 216 Å². The Balaban J connectivity index is 1.70. The Hall–Kier alpha value is -8.48. The van der Waals surface area contributed by atoms with Crippen LogP contribution in [0, 0.1) is 23.7 Å².